The number of benzene rings is 2. The Balaban J connectivity index is 1.96. The Morgan fingerprint density at radius 3 is 2.14 bits per heavy atom. The molecule has 0 aliphatic heterocycles. The highest BCUT2D eigenvalue weighted by molar-refractivity contribution is 7.99. The maximum absolute atomic E-state index is 11.3. The highest BCUT2D eigenvalue weighted by Crippen LogP contribution is 2.29. The average Bonchev–Trinajstić information content (AvgIpc) is 2.50. The number of hydrogen-bond acceptors (Lipinski definition) is 4. The summed E-state index contributed by atoms with van der Waals surface area (Å²) in [6.07, 6.45) is -0.437. The topological polar surface area (TPSA) is 47.6 Å². The average molecular weight is 303 g/mol. The van der Waals surface area contributed by atoms with E-state index in [0.29, 0.717) is 12.3 Å². The van der Waals surface area contributed by atoms with Crippen molar-refractivity contribution in [2.75, 3.05) is 19.0 Å². The zero-order chi connectivity index (χ0) is 15.1. The summed E-state index contributed by atoms with van der Waals surface area (Å²) < 4.78 is 9.96. The van der Waals surface area contributed by atoms with Gasteiger partial charge in [-0.3, -0.25) is 5.32 Å². The quantitative estimate of drug-likeness (QED) is 0.888. The lowest BCUT2D eigenvalue weighted by Crippen LogP contribution is -2.12. The Labute approximate surface area is 128 Å². The summed E-state index contributed by atoms with van der Waals surface area (Å²) in [6.45, 7) is 2.13. The monoisotopic (exact) mass is 303 g/mol. The molecule has 0 atom stereocenters. The molecular weight excluding hydrogens is 286 g/mol. The van der Waals surface area contributed by atoms with Crippen molar-refractivity contribution in [3.05, 3.63) is 48.5 Å². The highest BCUT2D eigenvalue weighted by atomic mass is 32.2. The molecule has 2 aromatic rings. The number of nitrogens with one attached hydrogen (secondary N) is 1. The molecule has 0 radical (unpaired) electrons. The third-order valence-electron chi connectivity index (χ3n) is 2.67. The predicted molar refractivity (Wildman–Crippen MR) is 84.2 cm³/mol. The van der Waals surface area contributed by atoms with Crippen LogP contribution < -0.4 is 10.1 Å². The van der Waals surface area contributed by atoms with Crippen molar-refractivity contribution in [3.63, 3.8) is 0 Å². The van der Waals surface area contributed by atoms with Crippen molar-refractivity contribution in [2.24, 2.45) is 0 Å². The number of rotatable bonds is 5. The number of carbonyl (C=O) groups excluding carboxylic acids is 1. The molecule has 0 heterocycles. The number of carbonyl (C=O) groups is 1. The second-order valence-electron chi connectivity index (χ2n) is 4.15. The van der Waals surface area contributed by atoms with Gasteiger partial charge in [-0.1, -0.05) is 11.8 Å². The van der Waals surface area contributed by atoms with Gasteiger partial charge in [-0.2, -0.15) is 0 Å². The van der Waals surface area contributed by atoms with Gasteiger partial charge in [0.25, 0.3) is 0 Å². The van der Waals surface area contributed by atoms with Crippen molar-refractivity contribution < 1.29 is 14.3 Å². The van der Waals surface area contributed by atoms with Gasteiger partial charge in [0.1, 0.15) is 5.75 Å². The Morgan fingerprint density at radius 1 is 1.05 bits per heavy atom. The van der Waals surface area contributed by atoms with Crippen LogP contribution in [0.3, 0.4) is 0 Å². The largest absolute Gasteiger partial charge is 0.497 e. The lowest BCUT2D eigenvalue weighted by molar-refractivity contribution is 0.168. The highest BCUT2D eigenvalue weighted by Gasteiger charge is 2.02. The van der Waals surface area contributed by atoms with E-state index in [1.807, 2.05) is 48.5 Å². The van der Waals surface area contributed by atoms with E-state index in [1.165, 1.54) is 0 Å². The summed E-state index contributed by atoms with van der Waals surface area (Å²) >= 11 is 1.65. The molecule has 0 aliphatic rings. The molecule has 0 unspecified atom stereocenters. The fourth-order valence-electron chi connectivity index (χ4n) is 1.67. The van der Waals surface area contributed by atoms with E-state index in [9.17, 15) is 4.79 Å². The van der Waals surface area contributed by atoms with Crippen molar-refractivity contribution in [3.8, 4) is 5.75 Å². The SMILES string of the molecule is CCOC(=O)Nc1ccc(Sc2ccc(OC)cc2)cc1. The van der Waals surface area contributed by atoms with Crippen molar-refractivity contribution in [1.82, 2.24) is 0 Å². The number of anilines is 1. The van der Waals surface area contributed by atoms with Gasteiger partial charge in [0.2, 0.25) is 0 Å². The molecule has 0 saturated carbocycles. The minimum atomic E-state index is -0.437. The summed E-state index contributed by atoms with van der Waals surface area (Å²) in [7, 11) is 1.65. The van der Waals surface area contributed by atoms with E-state index in [-0.39, 0.29) is 0 Å². The van der Waals surface area contributed by atoms with Crippen LogP contribution in [-0.4, -0.2) is 19.8 Å². The van der Waals surface area contributed by atoms with Crippen LogP contribution >= 0.6 is 11.8 Å². The molecule has 21 heavy (non-hydrogen) atoms. The van der Waals surface area contributed by atoms with Crippen LogP contribution in [-0.2, 0) is 4.74 Å². The van der Waals surface area contributed by atoms with E-state index in [1.54, 1.807) is 25.8 Å². The number of amides is 1. The van der Waals surface area contributed by atoms with Crippen molar-refractivity contribution in [1.29, 1.82) is 0 Å². The number of methoxy groups -OCH3 is 1. The van der Waals surface area contributed by atoms with Crippen LogP contribution in [0.15, 0.2) is 58.3 Å². The summed E-state index contributed by atoms with van der Waals surface area (Å²) in [6, 6.07) is 15.5. The molecule has 1 N–H and O–H groups in total. The molecule has 110 valence electrons. The van der Waals surface area contributed by atoms with Gasteiger partial charge in [-0.25, -0.2) is 4.79 Å². The molecule has 0 spiro atoms. The number of ether oxygens (including phenoxy) is 2. The summed E-state index contributed by atoms with van der Waals surface area (Å²) in [4.78, 5) is 13.5. The van der Waals surface area contributed by atoms with Gasteiger partial charge in [-0.15, -0.1) is 0 Å². The number of hydrogen-bond donors (Lipinski definition) is 1. The molecule has 2 aromatic carbocycles. The standard InChI is InChI=1S/C16H17NO3S/c1-3-20-16(18)17-12-4-8-14(9-5-12)21-15-10-6-13(19-2)7-11-15/h4-11H,3H2,1-2H3,(H,17,18). The molecule has 0 bridgehead atoms. The molecule has 4 nitrogen and oxygen atoms in total. The zero-order valence-electron chi connectivity index (χ0n) is 12.0. The fourth-order valence-corrected chi connectivity index (χ4v) is 2.49. The van der Waals surface area contributed by atoms with Gasteiger partial charge >= 0.3 is 6.09 Å². The normalized spacial score (nSPS) is 10.0. The van der Waals surface area contributed by atoms with Gasteiger partial charge in [0.15, 0.2) is 0 Å². The van der Waals surface area contributed by atoms with E-state index in [0.717, 1.165) is 15.5 Å². The zero-order valence-corrected chi connectivity index (χ0v) is 12.8. The second kappa shape index (κ2) is 7.59. The molecule has 0 aliphatic carbocycles. The Bertz CT molecular complexity index is 581. The maximum atomic E-state index is 11.3. The van der Waals surface area contributed by atoms with E-state index in [2.05, 4.69) is 5.32 Å². The Hall–Kier alpha value is -2.14. The van der Waals surface area contributed by atoms with Gasteiger partial charge in [-0.05, 0) is 55.5 Å². The van der Waals surface area contributed by atoms with Crippen LogP contribution in [0.25, 0.3) is 0 Å². The molecule has 5 heteroatoms. The van der Waals surface area contributed by atoms with Crippen molar-refractivity contribution >= 4 is 23.5 Å². The first-order valence-corrected chi connectivity index (χ1v) is 7.38. The molecule has 0 fully saturated rings. The third-order valence-corrected chi connectivity index (χ3v) is 3.69. The third kappa shape index (κ3) is 4.72. The van der Waals surface area contributed by atoms with Crippen LogP contribution in [0.1, 0.15) is 6.92 Å². The molecule has 0 aromatic heterocycles. The van der Waals surface area contributed by atoms with E-state index < -0.39 is 6.09 Å². The lowest BCUT2D eigenvalue weighted by atomic mass is 10.3. The lowest BCUT2D eigenvalue weighted by Gasteiger charge is -2.07. The van der Waals surface area contributed by atoms with E-state index >= 15 is 0 Å². The summed E-state index contributed by atoms with van der Waals surface area (Å²) in [5.74, 6) is 0.841. The van der Waals surface area contributed by atoms with Crippen molar-refractivity contribution in [2.45, 2.75) is 16.7 Å². The smallest absolute Gasteiger partial charge is 0.411 e. The van der Waals surface area contributed by atoms with Crippen LogP contribution in [0.2, 0.25) is 0 Å². The Kier molecular flexibility index (Phi) is 5.51. The second-order valence-corrected chi connectivity index (χ2v) is 5.29. The van der Waals surface area contributed by atoms with Crippen LogP contribution in [0.4, 0.5) is 10.5 Å². The van der Waals surface area contributed by atoms with Gasteiger partial charge < -0.3 is 9.47 Å². The first-order valence-electron chi connectivity index (χ1n) is 6.57. The fraction of sp³-hybridized carbons (Fsp3) is 0.188. The molecule has 1 amide bonds. The molecular formula is C16H17NO3S. The minimum Gasteiger partial charge on any atom is -0.497 e. The summed E-state index contributed by atoms with van der Waals surface area (Å²) in [5, 5.41) is 2.66. The summed E-state index contributed by atoms with van der Waals surface area (Å²) in [5.41, 5.74) is 0.715. The minimum absolute atomic E-state index is 0.358. The van der Waals surface area contributed by atoms with E-state index in [4.69, 9.17) is 9.47 Å². The first-order chi connectivity index (χ1) is 10.2. The predicted octanol–water partition coefficient (Wildman–Crippen LogP) is 4.41. The van der Waals surface area contributed by atoms with Crippen LogP contribution in [0.5, 0.6) is 5.75 Å². The molecule has 0 saturated heterocycles. The van der Waals surface area contributed by atoms with Gasteiger partial charge in [0.05, 0.1) is 13.7 Å². The Morgan fingerprint density at radius 2 is 1.62 bits per heavy atom. The van der Waals surface area contributed by atoms with Crippen LogP contribution in [0, 0.1) is 0 Å². The maximum Gasteiger partial charge on any atom is 0.411 e. The molecule has 2 rings (SSSR count). The first kappa shape index (κ1) is 15.3. The van der Waals surface area contributed by atoms with Gasteiger partial charge in [0, 0.05) is 15.5 Å².